The third-order valence-corrected chi connectivity index (χ3v) is 7.17. The highest BCUT2D eigenvalue weighted by atomic mass is 16.7. The van der Waals surface area contributed by atoms with Gasteiger partial charge in [-0.15, -0.1) is 0 Å². The third-order valence-electron chi connectivity index (χ3n) is 7.17. The summed E-state index contributed by atoms with van der Waals surface area (Å²) in [4.78, 5) is 0. The molecule has 3 heterocycles. The van der Waals surface area contributed by atoms with Crippen molar-refractivity contribution in [1.82, 2.24) is 0 Å². The molecule has 5 rings (SSSR count). The molecule has 2 saturated heterocycles. The predicted octanol–water partition coefficient (Wildman–Crippen LogP) is -2.14. The normalized spacial score (nSPS) is 30.4. The number of phenols is 3. The summed E-state index contributed by atoms with van der Waals surface area (Å²) in [6.45, 7) is -1.56. The number of aliphatic hydroxyl groups excluding tert-OH is 8. The number of benzene rings is 2. The second-order valence-corrected chi connectivity index (χ2v) is 10.1. The Bertz CT molecular complexity index is 1450. The van der Waals surface area contributed by atoms with Gasteiger partial charge in [-0.2, -0.15) is 0 Å². The molecule has 2 aliphatic heterocycles. The fraction of sp³-hybridized carbons (Fsp3) is 0.444. The summed E-state index contributed by atoms with van der Waals surface area (Å²) in [6, 6.07) is 7.23. The van der Waals surface area contributed by atoms with Crippen LogP contribution in [0.1, 0.15) is 0 Å². The SMILES string of the molecule is OC[C@@H](O)[C@H]1O[C@@H](Oc2cc3c(O[C@@H]4O[C@H]([C@H](O)CO)[C@H](O)[C@H]4O)cc(O)cc3[o+]c2-c2ccc(O)c(O)c2)[C@H](O)[C@H]1O. The lowest BCUT2D eigenvalue weighted by Crippen LogP contribution is -2.40. The van der Waals surface area contributed by atoms with Gasteiger partial charge in [-0.3, -0.25) is 0 Å². The maximum absolute atomic E-state index is 10.6. The first-order chi connectivity index (χ1) is 20.4. The van der Waals surface area contributed by atoms with E-state index in [1.54, 1.807) is 0 Å². The Labute approximate surface area is 242 Å². The molecule has 0 amide bonds. The van der Waals surface area contributed by atoms with Crippen molar-refractivity contribution in [3.63, 3.8) is 0 Å². The number of hydrogen-bond donors (Lipinski definition) is 11. The zero-order valence-corrected chi connectivity index (χ0v) is 22.1. The molecule has 3 aromatic rings. The molecular weight excluding hydrogens is 580 g/mol. The molecule has 2 aliphatic rings. The minimum atomic E-state index is -1.71. The fourth-order valence-corrected chi connectivity index (χ4v) is 4.85. The van der Waals surface area contributed by atoms with Crippen molar-refractivity contribution in [2.45, 2.75) is 61.4 Å². The van der Waals surface area contributed by atoms with Crippen molar-refractivity contribution in [1.29, 1.82) is 0 Å². The van der Waals surface area contributed by atoms with E-state index >= 15 is 0 Å². The summed E-state index contributed by atoms with van der Waals surface area (Å²) in [5.74, 6) is -1.86. The highest BCUT2D eigenvalue weighted by Crippen LogP contribution is 2.43. The first-order valence-electron chi connectivity index (χ1n) is 13.0. The minimum Gasteiger partial charge on any atom is -0.507 e. The van der Waals surface area contributed by atoms with E-state index in [9.17, 15) is 56.2 Å². The molecule has 0 unspecified atom stereocenters. The molecule has 1 aromatic heterocycles. The topological polar surface area (TPSA) is 271 Å². The van der Waals surface area contributed by atoms with Crippen LogP contribution in [0.3, 0.4) is 0 Å². The van der Waals surface area contributed by atoms with Crippen LogP contribution < -0.4 is 9.47 Å². The molecule has 0 bridgehead atoms. The maximum atomic E-state index is 10.6. The average Bonchev–Trinajstić information content (AvgIpc) is 3.43. The summed E-state index contributed by atoms with van der Waals surface area (Å²) >= 11 is 0. The van der Waals surface area contributed by atoms with Crippen LogP contribution in [0.15, 0.2) is 40.8 Å². The van der Waals surface area contributed by atoms with E-state index in [-0.39, 0.29) is 39.5 Å². The van der Waals surface area contributed by atoms with Crippen LogP contribution in [-0.2, 0) is 9.47 Å². The van der Waals surface area contributed by atoms with Crippen molar-refractivity contribution in [3.05, 3.63) is 36.4 Å². The predicted molar refractivity (Wildman–Crippen MR) is 140 cm³/mol. The number of phenolic OH excluding ortho intramolecular Hbond substituents is 3. The first-order valence-corrected chi connectivity index (χ1v) is 13.0. The van der Waals surface area contributed by atoms with Crippen molar-refractivity contribution < 1.29 is 79.5 Å². The van der Waals surface area contributed by atoms with Crippen molar-refractivity contribution >= 4 is 11.0 Å². The molecule has 2 fully saturated rings. The van der Waals surface area contributed by atoms with E-state index in [2.05, 4.69) is 0 Å². The van der Waals surface area contributed by atoms with Gasteiger partial charge in [0.15, 0.2) is 11.5 Å². The van der Waals surface area contributed by atoms with Gasteiger partial charge in [0.2, 0.25) is 18.3 Å². The number of hydrogen-bond acceptors (Lipinski definition) is 15. The Kier molecular flexibility index (Phi) is 8.77. The van der Waals surface area contributed by atoms with Gasteiger partial charge in [0, 0.05) is 18.2 Å². The average molecular weight is 612 g/mol. The monoisotopic (exact) mass is 611 g/mol. The second-order valence-electron chi connectivity index (χ2n) is 10.1. The lowest BCUT2D eigenvalue weighted by atomic mass is 10.1. The van der Waals surface area contributed by atoms with Crippen LogP contribution in [0.4, 0.5) is 0 Å². The Hall–Kier alpha value is -3.55. The van der Waals surface area contributed by atoms with Crippen LogP contribution in [0.5, 0.6) is 28.7 Å². The Morgan fingerprint density at radius 2 is 1.26 bits per heavy atom. The molecule has 10 atom stereocenters. The van der Waals surface area contributed by atoms with Gasteiger partial charge in [0.1, 0.15) is 65.7 Å². The molecule has 0 aliphatic carbocycles. The quantitative estimate of drug-likeness (QED) is 0.0909. The summed E-state index contributed by atoms with van der Waals surface area (Å²) in [7, 11) is 0. The zero-order valence-electron chi connectivity index (χ0n) is 22.1. The molecule has 0 spiro atoms. The molecule has 43 heavy (non-hydrogen) atoms. The van der Waals surface area contributed by atoms with E-state index in [4.69, 9.17) is 23.4 Å². The van der Waals surface area contributed by atoms with Crippen LogP contribution in [-0.4, -0.2) is 131 Å². The van der Waals surface area contributed by atoms with E-state index in [0.717, 1.165) is 18.2 Å². The smallest absolute Gasteiger partial charge is 0.402 e. The van der Waals surface area contributed by atoms with E-state index in [0.29, 0.717) is 0 Å². The van der Waals surface area contributed by atoms with Gasteiger partial charge in [-0.1, -0.05) is 0 Å². The lowest BCUT2D eigenvalue weighted by Gasteiger charge is -2.19. The van der Waals surface area contributed by atoms with Crippen molar-refractivity contribution in [2.24, 2.45) is 0 Å². The van der Waals surface area contributed by atoms with Crippen molar-refractivity contribution in [3.8, 4) is 40.1 Å². The van der Waals surface area contributed by atoms with Gasteiger partial charge in [-0.25, -0.2) is 4.42 Å². The molecule has 2 aromatic carbocycles. The molecule has 0 saturated carbocycles. The molecule has 234 valence electrons. The van der Waals surface area contributed by atoms with Crippen LogP contribution in [0.2, 0.25) is 0 Å². The van der Waals surface area contributed by atoms with E-state index in [1.807, 2.05) is 0 Å². The highest BCUT2D eigenvalue weighted by molar-refractivity contribution is 5.89. The molecule has 0 radical (unpaired) electrons. The summed E-state index contributed by atoms with van der Waals surface area (Å²) in [6.07, 6.45) is -15.8. The Balaban J connectivity index is 1.58. The number of ether oxygens (including phenoxy) is 4. The Morgan fingerprint density at radius 1 is 0.698 bits per heavy atom. The molecule has 16 heteroatoms. The fourth-order valence-electron chi connectivity index (χ4n) is 4.85. The summed E-state index contributed by atoms with van der Waals surface area (Å²) in [5.41, 5.74) is 0.0860. The van der Waals surface area contributed by atoms with Gasteiger partial charge in [0.25, 0.3) is 0 Å². The third kappa shape index (κ3) is 5.85. The highest BCUT2D eigenvalue weighted by Gasteiger charge is 2.49. The Morgan fingerprint density at radius 3 is 1.79 bits per heavy atom. The maximum Gasteiger partial charge on any atom is 0.402 e. The second kappa shape index (κ2) is 12.2. The molecule has 16 nitrogen and oxygen atoms in total. The van der Waals surface area contributed by atoms with E-state index < -0.39 is 86.1 Å². The number of aliphatic hydroxyl groups is 8. The largest absolute Gasteiger partial charge is 0.507 e. The van der Waals surface area contributed by atoms with Crippen molar-refractivity contribution in [2.75, 3.05) is 13.2 Å². The first kappa shape index (κ1) is 30.9. The van der Waals surface area contributed by atoms with Crippen LogP contribution in [0, 0.1) is 0 Å². The summed E-state index contributed by atoms with van der Waals surface area (Å²) < 4.78 is 28.4. The standard InChI is InChI=1S/C27H30O16/c28-7-14(33)24-19(35)21(37)26(42-24)40-17-5-10(30)4-16-11(17)6-18(23(39-16)9-1-2-12(31)13(32)3-9)41-27-22(38)20(36)25(43-27)15(34)8-29/h1-6,14-15,19-22,24-29,33-38H,7-8H2,(H2-,30,31,32)/p+1/t14-,15-,19-,20-,21-,22-,24-,25-,26-,27-/m1/s1. The lowest BCUT2D eigenvalue weighted by molar-refractivity contribution is -0.137. The number of fused-ring (bicyclic) bond motifs is 1. The van der Waals surface area contributed by atoms with Crippen LogP contribution in [0.25, 0.3) is 22.3 Å². The van der Waals surface area contributed by atoms with E-state index in [1.165, 1.54) is 18.2 Å². The van der Waals surface area contributed by atoms with Crippen LogP contribution >= 0.6 is 0 Å². The van der Waals surface area contributed by atoms with Gasteiger partial charge >= 0.3 is 11.3 Å². The molecule has 11 N–H and O–H groups in total. The minimum absolute atomic E-state index is 0.0496. The van der Waals surface area contributed by atoms with Gasteiger partial charge < -0.3 is 75.1 Å². The number of aromatic hydroxyl groups is 3. The molecular formula is C27H31O16+. The number of rotatable bonds is 9. The zero-order chi connectivity index (χ0) is 31.2. The van der Waals surface area contributed by atoms with Gasteiger partial charge in [0.05, 0.1) is 24.8 Å². The van der Waals surface area contributed by atoms with Gasteiger partial charge in [-0.05, 0) is 12.1 Å². The summed E-state index contributed by atoms with van der Waals surface area (Å²) in [5, 5.41) is 110.